The number of aromatic nitrogens is 1. The van der Waals surface area contributed by atoms with Crippen molar-refractivity contribution in [2.24, 2.45) is 0 Å². The van der Waals surface area contributed by atoms with Crippen molar-refractivity contribution in [1.29, 1.82) is 0 Å². The van der Waals surface area contributed by atoms with Crippen LogP contribution in [0.4, 0.5) is 5.00 Å². The number of hydrogen-bond acceptors (Lipinski definition) is 4. The summed E-state index contributed by atoms with van der Waals surface area (Å²) < 4.78 is 1.20. The maximum atomic E-state index is 11.6. The zero-order valence-electron chi connectivity index (χ0n) is 13.2. The number of anilines is 1. The molecule has 0 aliphatic heterocycles. The smallest absolute Gasteiger partial charge is 0.221 e. The van der Waals surface area contributed by atoms with Crippen LogP contribution in [0.15, 0.2) is 18.2 Å². The molecule has 2 aromatic heterocycles. The van der Waals surface area contributed by atoms with Gasteiger partial charge in [-0.05, 0) is 55.9 Å². The second kappa shape index (κ2) is 5.73. The van der Waals surface area contributed by atoms with E-state index in [9.17, 15) is 4.79 Å². The lowest BCUT2D eigenvalue weighted by Gasteiger charge is -2.11. The molecule has 0 bridgehead atoms. The molecule has 1 aliphatic rings. The Kier molecular flexibility index (Phi) is 3.70. The van der Waals surface area contributed by atoms with Gasteiger partial charge in [-0.1, -0.05) is 6.07 Å². The van der Waals surface area contributed by atoms with Crippen molar-refractivity contribution in [2.75, 3.05) is 5.32 Å². The summed E-state index contributed by atoms with van der Waals surface area (Å²) in [6.07, 6.45) is 4.68. The summed E-state index contributed by atoms with van der Waals surface area (Å²) in [6.45, 7) is 3.66. The predicted molar refractivity (Wildman–Crippen MR) is 98.6 cm³/mol. The lowest BCUT2D eigenvalue weighted by atomic mass is 9.96. The van der Waals surface area contributed by atoms with Gasteiger partial charge in [-0.25, -0.2) is 4.98 Å². The summed E-state index contributed by atoms with van der Waals surface area (Å²) in [7, 11) is 0. The number of aryl methyl sites for hydroxylation is 2. The molecular formula is C18H18N2OS2. The first-order valence-corrected chi connectivity index (χ1v) is 9.55. The highest BCUT2D eigenvalue weighted by molar-refractivity contribution is 7.22. The van der Waals surface area contributed by atoms with Crippen LogP contribution in [0.1, 0.15) is 35.8 Å². The van der Waals surface area contributed by atoms with Crippen LogP contribution in [-0.4, -0.2) is 10.9 Å². The van der Waals surface area contributed by atoms with Gasteiger partial charge in [-0.3, -0.25) is 4.79 Å². The summed E-state index contributed by atoms with van der Waals surface area (Å²) in [5.41, 5.74) is 4.85. The second-order valence-corrected chi connectivity index (χ2v) is 8.22. The van der Waals surface area contributed by atoms with Crippen LogP contribution >= 0.6 is 22.7 Å². The zero-order valence-corrected chi connectivity index (χ0v) is 14.9. The van der Waals surface area contributed by atoms with Crippen molar-refractivity contribution < 1.29 is 4.79 Å². The van der Waals surface area contributed by atoms with E-state index in [0.29, 0.717) is 0 Å². The van der Waals surface area contributed by atoms with Crippen molar-refractivity contribution in [3.8, 4) is 10.6 Å². The second-order valence-electron chi connectivity index (χ2n) is 6.09. The van der Waals surface area contributed by atoms with Crippen molar-refractivity contribution in [1.82, 2.24) is 4.98 Å². The quantitative estimate of drug-likeness (QED) is 0.698. The van der Waals surface area contributed by atoms with E-state index < -0.39 is 0 Å². The van der Waals surface area contributed by atoms with Gasteiger partial charge in [0.1, 0.15) is 10.0 Å². The van der Waals surface area contributed by atoms with Gasteiger partial charge in [0.15, 0.2) is 0 Å². The predicted octanol–water partition coefficient (Wildman–Crippen LogP) is 5.17. The van der Waals surface area contributed by atoms with Crippen molar-refractivity contribution in [3.05, 3.63) is 34.2 Å². The lowest BCUT2D eigenvalue weighted by Crippen LogP contribution is -2.05. The number of thiophene rings is 1. The lowest BCUT2D eigenvalue weighted by molar-refractivity contribution is -0.114. The van der Waals surface area contributed by atoms with Gasteiger partial charge in [0.05, 0.1) is 10.2 Å². The number of hydrogen-bond donors (Lipinski definition) is 1. The van der Waals surface area contributed by atoms with Gasteiger partial charge in [0, 0.05) is 17.4 Å². The molecule has 4 rings (SSSR count). The van der Waals surface area contributed by atoms with Gasteiger partial charge in [0.2, 0.25) is 5.91 Å². The number of carbonyl (C=O) groups excluding carboxylic acids is 1. The van der Waals surface area contributed by atoms with Crippen LogP contribution < -0.4 is 5.32 Å². The van der Waals surface area contributed by atoms with E-state index in [0.717, 1.165) is 28.4 Å². The van der Waals surface area contributed by atoms with Gasteiger partial charge in [0.25, 0.3) is 0 Å². The number of amides is 1. The Morgan fingerprint density at radius 2 is 2.04 bits per heavy atom. The Bertz CT molecular complexity index is 907. The number of fused-ring (bicyclic) bond motifs is 2. The van der Waals surface area contributed by atoms with E-state index in [-0.39, 0.29) is 5.91 Å². The third-order valence-electron chi connectivity index (χ3n) is 4.22. The van der Waals surface area contributed by atoms with Crippen LogP contribution in [0.25, 0.3) is 20.8 Å². The van der Waals surface area contributed by atoms with Gasteiger partial charge in [-0.15, -0.1) is 22.7 Å². The molecule has 5 heteroatoms. The van der Waals surface area contributed by atoms with Gasteiger partial charge in [-0.2, -0.15) is 0 Å². The molecular weight excluding hydrogens is 324 g/mol. The minimum Gasteiger partial charge on any atom is -0.317 e. The summed E-state index contributed by atoms with van der Waals surface area (Å²) >= 11 is 3.45. The Hall–Kier alpha value is -1.72. The third kappa shape index (κ3) is 2.68. The molecule has 3 aromatic rings. The van der Waals surface area contributed by atoms with Crippen LogP contribution in [-0.2, 0) is 17.6 Å². The number of nitrogens with zero attached hydrogens (tertiary/aromatic N) is 1. The average Bonchev–Trinajstić information content (AvgIpc) is 3.05. The summed E-state index contributed by atoms with van der Waals surface area (Å²) in [5, 5.41) is 5.04. The zero-order chi connectivity index (χ0) is 16.0. The fourth-order valence-electron chi connectivity index (χ4n) is 3.18. The van der Waals surface area contributed by atoms with E-state index in [1.165, 1.54) is 39.1 Å². The third-order valence-corrected chi connectivity index (χ3v) is 6.48. The molecule has 0 fully saturated rings. The molecule has 0 saturated heterocycles. The number of thiazole rings is 1. The Morgan fingerprint density at radius 3 is 2.87 bits per heavy atom. The van der Waals surface area contributed by atoms with E-state index >= 15 is 0 Å². The summed E-state index contributed by atoms with van der Waals surface area (Å²) in [6, 6.07) is 6.40. The molecule has 0 spiro atoms. The molecule has 1 aromatic carbocycles. The minimum atomic E-state index is -0.0122. The maximum Gasteiger partial charge on any atom is 0.221 e. The first-order chi connectivity index (χ1) is 11.1. The fourth-order valence-corrected chi connectivity index (χ4v) is 5.61. The standard InChI is InChI=1S/C18H18N2OS2/c1-10-7-8-15-13(9-10)20-18(23-15)16-12-5-3-4-6-14(12)22-17(16)19-11(2)21/h7-9H,3-6H2,1-2H3,(H,19,21). The first-order valence-electron chi connectivity index (χ1n) is 7.91. The summed E-state index contributed by atoms with van der Waals surface area (Å²) in [4.78, 5) is 17.9. The molecule has 1 aliphatic carbocycles. The van der Waals surface area contributed by atoms with E-state index in [1.54, 1.807) is 29.6 Å². The van der Waals surface area contributed by atoms with Crippen molar-refractivity contribution >= 4 is 43.8 Å². The minimum absolute atomic E-state index is 0.0122. The van der Waals surface area contributed by atoms with Crippen LogP contribution in [0.2, 0.25) is 0 Å². The number of nitrogens with one attached hydrogen (secondary N) is 1. The van der Waals surface area contributed by atoms with E-state index in [4.69, 9.17) is 4.98 Å². The normalized spacial score (nSPS) is 14.0. The van der Waals surface area contributed by atoms with Crippen LogP contribution in [0, 0.1) is 6.92 Å². The molecule has 0 saturated carbocycles. The van der Waals surface area contributed by atoms with Crippen LogP contribution in [0.3, 0.4) is 0 Å². The Balaban J connectivity index is 1.90. The number of benzene rings is 1. The van der Waals surface area contributed by atoms with E-state index in [1.807, 2.05) is 0 Å². The molecule has 1 N–H and O–H groups in total. The Labute approximate surface area is 143 Å². The highest BCUT2D eigenvalue weighted by atomic mass is 32.1. The topological polar surface area (TPSA) is 42.0 Å². The van der Waals surface area contributed by atoms with Gasteiger partial charge >= 0.3 is 0 Å². The molecule has 0 radical (unpaired) electrons. The summed E-state index contributed by atoms with van der Waals surface area (Å²) in [5.74, 6) is -0.0122. The SMILES string of the molecule is CC(=O)Nc1sc2c(c1-c1nc3cc(C)ccc3s1)CCCC2. The number of carbonyl (C=O) groups is 1. The Morgan fingerprint density at radius 1 is 1.22 bits per heavy atom. The van der Waals surface area contributed by atoms with Crippen LogP contribution in [0.5, 0.6) is 0 Å². The molecule has 0 unspecified atom stereocenters. The number of rotatable bonds is 2. The van der Waals surface area contributed by atoms with Crippen molar-refractivity contribution in [3.63, 3.8) is 0 Å². The molecule has 23 heavy (non-hydrogen) atoms. The molecule has 0 atom stereocenters. The monoisotopic (exact) mass is 342 g/mol. The molecule has 3 nitrogen and oxygen atoms in total. The molecule has 1 amide bonds. The largest absolute Gasteiger partial charge is 0.317 e. The first kappa shape index (κ1) is 14.8. The van der Waals surface area contributed by atoms with E-state index in [2.05, 4.69) is 30.4 Å². The average molecular weight is 342 g/mol. The highest BCUT2D eigenvalue weighted by Crippen LogP contribution is 2.46. The molecule has 2 heterocycles. The van der Waals surface area contributed by atoms with Gasteiger partial charge < -0.3 is 5.32 Å². The highest BCUT2D eigenvalue weighted by Gasteiger charge is 2.24. The fraction of sp³-hybridized carbons (Fsp3) is 0.333. The maximum absolute atomic E-state index is 11.6. The van der Waals surface area contributed by atoms with Crippen molar-refractivity contribution in [2.45, 2.75) is 39.5 Å². The molecule has 118 valence electrons.